The lowest BCUT2D eigenvalue weighted by molar-refractivity contribution is -0.118. The number of hydrogen-bond donors (Lipinski definition) is 2. The van der Waals surface area contributed by atoms with Crippen molar-refractivity contribution in [2.75, 3.05) is 13.2 Å². The van der Waals surface area contributed by atoms with Crippen molar-refractivity contribution in [3.63, 3.8) is 0 Å². The number of hydrogen-bond acceptors (Lipinski definition) is 2. The van der Waals surface area contributed by atoms with Crippen molar-refractivity contribution in [2.24, 2.45) is 0 Å². The van der Waals surface area contributed by atoms with Crippen molar-refractivity contribution in [1.29, 1.82) is 0 Å². The lowest BCUT2D eigenvalue weighted by atomic mass is 10.7. The predicted molar refractivity (Wildman–Crippen MR) is 25.2 cm³/mol. The summed E-state index contributed by atoms with van der Waals surface area (Å²) in [5, 5.41) is 5.38. The molecule has 0 aromatic rings. The Morgan fingerprint density at radius 2 is 2.67 bits per heavy atom. The van der Waals surface area contributed by atoms with Gasteiger partial charge in [0.2, 0.25) is 5.91 Å². The van der Waals surface area contributed by atoms with Crippen LogP contribution in [0.2, 0.25) is 0 Å². The first-order valence-corrected chi connectivity index (χ1v) is 1.87. The van der Waals surface area contributed by atoms with E-state index in [0.29, 0.717) is 13.2 Å². The van der Waals surface area contributed by atoms with Crippen LogP contribution in [0.15, 0.2) is 0 Å². The standard InChI is InChI=1S/C3H6N2O.2H2/c6-3-1-4-2-5-3;;/h4H,1-2H2,(H,5,6);2*1H. The second kappa shape index (κ2) is 1.26. The zero-order chi connectivity index (χ0) is 4.41. The van der Waals surface area contributed by atoms with E-state index in [-0.39, 0.29) is 8.76 Å². The third kappa shape index (κ3) is 0.490. The molecule has 0 aliphatic carbocycles. The van der Waals surface area contributed by atoms with E-state index < -0.39 is 0 Å². The molecule has 0 radical (unpaired) electrons. The van der Waals surface area contributed by atoms with Crippen molar-refractivity contribution >= 4 is 5.91 Å². The number of rotatable bonds is 0. The van der Waals surface area contributed by atoms with Crippen LogP contribution in [0, 0.1) is 0 Å². The zero-order valence-electron chi connectivity index (χ0n) is 3.32. The molecule has 0 aromatic heterocycles. The first kappa shape index (κ1) is 3.61. The van der Waals surface area contributed by atoms with Crippen LogP contribution in [-0.2, 0) is 4.79 Å². The summed E-state index contributed by atoms with van der Waals surface area (Å²) in [6.07, 6.45) is 0. The first-order chi connectivity index (χ1) is 2.89. The van der Waals surface area contributed by atoms with Crippen molar-refractivity contribution in [3.05, 3.63) is 0 Å². The van der Waals surface area contributed by atoms with Crippen LogP contribution in [0.25, 0.3) is 0 Å². The van der Waals surface area contributed by atoms with Crippen molar-refractivity contribution in [1.82, 2.24) is 10.6 Å². The van der Waals surface area contributed by atoms with Crippen LogP contribution < -0.4 is 10.6 Å². The van der Waals surface area contributed by atoms with Gasteiger partial charge in [-0.15, -0.1) is 0 Å². The summed E-state index contributed by atoms with van der Waals surface area (Å²) >= 11 is 0. The van der Waals surface area contributed by atoms with Crippen LogP contribution in [0.5, 0.6) is 0 Å². The Bertz CT molecular complexity index is 69.7. The summed E-state index contributed by atoms with van der Waals surface area (Å²) in [4.78, 5) is 10.1. The lowest BCUT2D eigenvalue weighted by Crippen LogP contribution is -2.14. The summed E-state index contributed by atoms with van der Waals surface area (Å²) in [7, 11) is 0. The smallest absolute Gasteiger partial charge is 0.235 e. The highest BCUT2D eigenvalue weighted by Crippen LogP contribution is 1.67. The van der Waals surface area contributed by atoms with Gasteiger partial charge in [0.15, 0.2) is 0 Å². The third-order valence-electron chi connectivity index (χ3n) is 0.696. The molecule has 1 aliphatic rings. The second-order valence-corrected chi connectivity index (χ2v) is 1.20. The van der Waals surface area contributed by atoms with E-state index in [1.54, 1.807) is 0 Å². The number of amides is 1. The maximum atomic E-state index is 10.1. The highest BCUT2D eigenvalue weighted by atomic mass is 16.2. The van der Waals surface area contributed by atoms with E-state index in [2.05, 4.69) is 10.6 Å². The van der Waals surface area contributed by atoms with Crippen LogP contribution in [-0.4, -0.2) is 19.1 Å². The number of carbonyl (C=O) groups excluding carboxylic acids is 1. The van der Waals surface area contributed by atoms with E-state index in [0.717, 1.165) is 0 Å². The van der Waals surface area contributed by atoms with Gasteiger partial charge in [-0.3, -0.25) is 10.1 Å². The zero-order valence-corrected chi connectivity index (χ0v) is 3.32. The fraction of sp³-hybridized carbons (Fsp3) is 0.667. The van der Waals surface area contributed by atoms with Gasteiger partial charge in [-0.05, 0) is 0 Å². The van der Waals surface area contributed by atoms with Crippen molar-refractivity contribution < 1.29 is 7.65 Å². The quantitative estimate of drug-likeness (QED) is 0.407. The van der Waals surface area contributed by atoms with Crippen LogP contribution in [0.1, 0.15) is 2.85 Å². The van der Waals surface area contributed by atoms with Gasteiger partial charge >= 0.3 is 0 Å². The highest BCUT2D eigenvalue weighted by Gasteiger charge is 2.03. The van der Waals surface area contributed by atoms with Gasteiger partial charge in [0, 0.05) is 2.85 Å². The van der Waals surface area contributed by atoms with Gasteiger partial charge < -0.3 is 5.32 Å². The minimum absolute atomic E-state index is 0. The Labute approximate surface area is 38.7 Å². The van der Waals surface area contributed by atoms with Gasteiger partial charge in [0.1, 0.15) is 0 Å². The summed E-state index contributed by atoms with van der Waals surface area (Å²) in [5.41, 5.74) is 0. The molecular weight excluding hydrogens is 80.0 g/mol. The molecule has 0 aromatic carbocycles. The number of carbonyl (C=O) groups is 1. The molecule has 0 spiro atoms. The maximum absolute atomic E-state index is 10.1. The van der Waals surface area contributed by atoms with Crippen LogP contribution in [0.4, 0.5) is 0 Å². The average Bonchev–Trinajstić information content (AvgIpc) is 1.86. The topological polar surface area (TPSA) is 41.1 Å². The van der Waals surface area contributed by atoms with E-state index >= 15 is 0 Å². The van der Waals surface area contributed by atoms with E-state index in [1.807, 2.05) is 0 Å². The molecule has 0 atom stereocenters. The van der Waals surface area contributed by atoms with E-state index in [9.17, 15) is 4.79 Å². The second-order valence-electron chi connectivity index (χ2n) is 1.20. The fourth-order valence-corrected chi connectivity index (χ4v) is 0.400. The predicted octanol–water partition coefficient (Wildman–Crippen LogP) is -0.845. The first-order valence-electron chi connectivity index (χ1n) is 1.87. The maximum Gasteiger partial charge on any atom is 0.235 e. The Kier molecular flexibility index (Phi) is 0.759. The summed E-state index contributed by atoms with van der Waals surface area (Å²) < 4.78 is 0. The monoisotopic (exact) mass is 90.1 g/mol. The summed E-state index contributed by atoms with van der Waals surface area (Å²) in [5.74, 6) is 0.0926. The SMILES string of the molecule is O=C1CNCN1.[HH].[HH]. The molecule has 0 saturated carbocycles. The fourth-order valence-electron chi connectivity index (χ4n) is 0.400. The molecule has 1 saturated heterocycles. The molecule has 1 fully saturated rings. The van der Waals surface area contributed by atoms with Gasteiger partial charge in [-0.1, -0.05) is 0 Å². The van der Waals surface area contributed by atoms with E-state index in [4.69, 9.17) is 0 Å². The molecule has 3 heteroatoms. The highest BCUT2D eigenvalue weighted by molar-refractivity contribution is 5.79. The Hall–Kier alpha value is -0.570. The minimum atomic E-state index is 0. The average molecular weight is 90.1 g/mol. The molecule has 0 unspecified atom stereocenters. The van der Waals surface area contributed by atoms with Crippen LogP contribution >= 0.6 is 0 Å². The molecule has 38 valence electrons. The Morgan fingerprint density at radius 1 is 1.83 bits per heavy atom. The molecule has 1 aliphatic heterocycles. The lowest BCUT2D eigenvalue weighted by Gasteiger charge is -1.78. The van der Waals surface area contributed by atoms with Gasteiger partial charge in [-0.2, -0.15) is 0 Å². The Morgan fingerprint density at radius 3 is 2.83 bits per heavy atom. The number of nitrogens with one attached hydrogen (secondary N) is 2. The molecule has 2 N–H and O–H groups in total. The van der Waals surface area contributed by atoms with Crippen molar-refractivity contribution in [3.8, 4) is 0 Å². The molecular formula is C3H10N2O. The molecule has 6 heavy (non-hydrogen) atoms. The summed E-state index contributed by atoms with van der Waals surface area (Å²) in [6, 6.07) is 0. The van der Waals surface area contributed by atoms with Crippen molar-refractivity contribution in [2.45, 2.75) is 0 Å². The van der Waals surface area contributed by atoms with E-state index in [1.165, 1.54) is 0 Å². The minimum Gasteiger partial charge on any atom is -0.342 e. The molecule has 1 amide bonds. The van der Waals surface area contributed by atoms with Crippen LogP contribution in [0.3, 0.4) is 0 Å². The van der Waals surface area contributed by atoms with Gasteiger partial charge in [-0.25, -0.2) is 0 Å². The summed E-state index contributed by atoms with van der Waals surface area (Å²) in [6.45, 7) is 1.12. The normalized spacial score (nSPS) is 21.0. The molecule has 3 nitrogen and oxygen atoms in total. The largest absolute Gasteiger partial charge is 0.342 e. The van der Waals surface area contributed by atoms with Gasteiger partial charge in [0.25, 0.3) is 0 Å². The molecule has 0 bridgehead atoms. The Balaban J connectivity index is 0. The third-order valence-corrected chi connectivity index (χ3v) is 0.696. The van der Waals surface area contributed by atoms with Gasteiger partial charge in [0.05, 0.1) is 13.2 Å². The molecule has 1 heterocycles. The molecule has 1 rings (SSSR count).